The molecule has 0 aliphatic carbocycles. The molecule has 3 heterocycles. The number of nitrogens with zero attached hydrogens (tertiary/aromatic N) is 5. The number of hydrogen-bond donors (Lipinski definition) is 0. The molecule has 0 saturated heterocycles. The maximum atomic E-state index is 14.2. The Bertz CT molecular complexity index is 982. The highest BCUT2D eigenvalue weighted by atomic mass is 35.5. The minimum Gasteiger partial charge on any atom is -0.364 e. The van der Waals surface area contributed by atoms with Crippen LogP contribution in [0.3, 0.4) is 0 Å². The van der Waals surface area contributed by atoms with Gasteiger partial charge in [0.2, 0.25) is 0 Å². The molecule has 0 N–H and O–H groups in total. The Kier molecular flexibility index (Phi) is 5.75. The molecular formula is C18H16ClF2N5O. The average molecular weight is 392 g/mol. The smallest absolute Gasteiger partial charge is 0.181 e. The van der Waals surface area contributed by atoms with E-state index in [-0.39, 0.29) is 23.3 Å². The molecule has 0 bridgehead atoms. The first-order valence-electron chi connectivity index (χ1n) is 8.15. The van der Waals surface area contributed by atoms with Crippen molar-refractivity contribution in [2.75, 3.05) is 0 Å². The quantitative estimate of drug-likeness (QED) is 0.443. The zero-order valence-electron chi connectivity index (χ0n) is 14.6. The van der Waals surface area contributed by atoms with Crippen LogP contribution >= 0.6 is 11.6 Å². The topological polar surface area (TPSA) is 69.6 Å². The first-order chi connectivity index (χ1) is 13.0. The second-order valence-corrected chi connectivity index (χ2v) is 6.15. The molecule has 0 fully saturated rings. The molecule has 140 valence electrons. The summed E-state index contributed by atoms with van der Waals surface area (Å²) >= 11 is 5.73. The van der Waals surface area contributed by atoms with E-state index in [1.165, 1.54) is 12.3 Å². The van der Waals surface area contributed by atoms with Gasteiger partial charge in [-0.05, 0) is 19.1 Å². The van der Waals surface area contributed by atoms with Crippen LogP contribution < -0.4 is 0 Å². The molecule has 3 aromatic heterocycles. The SMILES string of the molecule is C/C=C\C=C(\F)[C@@H](C)Cn1nc(-c2ncc(F)c(Cl)n2)cc1-c1ccon1. The van der Waals surface area contributed by atoms with Crippen molar-refractivity contribution in [3.05, 3.63) is 59.6 Å². The van der Waals surface area contributed by atoms with Gasteiger partial charge in [0.05, 0.1) is 18.4 Å². The number of hydrogen-bond acceptors (Lipinski definition) is 5. The number of rotatable bonds is 6. The monoisotopic (exact) mass is 391 g/mol. The van der Waals surface area contributed by atoms with E-state index in [0.717, 1.165) is 6.20 Å². The number of halogens is 3. The molecule has 1 atom stereocenters. The summed E-state index contributed by atoms with van der Waals surface area (Å²) in [5.74, 6) is -1.28. The van der Waals surface area contributed by atoms with Gasteiger partial charge < -0.3 is 4.52 Å². The van der Waals surface area contributed by atoms with Crippen LogP contribution in [0.25, 0.3) is 22.9 Å². The molecule has 6 nitrogen and oxygen atoms in total. The molecule has 0 aliphatic rings. The van der Waals surface area contributed by atoms with Gasteiger partial charge in [0, 0.05) is 12.0 Å². The molecule has 0 unspecified atom stereocenters. The van der Waals surface area contributed by atoms with E-state index >= 15 is 0 Å². The Hall–Kier alpha value is -2.87. The standard InChI is InChI=1S/C18H16ClF2N5O/c1-3-4-5-12(20)11(2)10-26-16(14-6-7-27-25-14)8-15(24-26)18-22-9-13(21)17(19)23-18/h3-9,11H,10H2,1-2H3/b4-3-,12-5+/t11-/m0/s1. The lowest BCUT2D eigenvalue weighted by Crippen LogP contribution is -2.11. The van der Waals surface area contributed by atoms with E-state index in [1.807, 2.05) is 6.92 Å². The first kappa shape index (κ1) is 18.9. The molecule has 0 spiro atoms. The largest absolute Gasteiger partial charge is 0.364 e. The number of allylic oxidation sites excluding steroid dienone is 4. The summed E-state index contributed by atoms with van der Waals surface area (Å²) in [6.07, 6.45) is 7.19. The van der Waals surface area contributed by atoms with Crippen LogP contribution in [0.15, 0.2) is 53.2 Å². The highest BCUT2D eigenvalue weighted by molar-refractivity contribution is 6.29. The Balaban J connectivity index is 1.99. The average Bonchev–Trinajstić information content (AvgIpc) is 3.31. The lowest BCUT2D eigenvalue weighted by Gasteiger charge is -2.11. The van der Waals surface area contributed by atoms with E-state index in [0.29, 0.717) is 17.1 Å². The lowest BCUT2D eigenvalue weighted by molar-refractivity contribution is 0.413. The molecule has 27 heavy (non-hydrogen) atoms. The predicted molar refractivity (Wildman–Crippen MR) is 96.9 cm³/mol. The summed E-state index contributed by atoms with van der Waals surface area (Å²) in [6.45, 7) is 3.80. The Morgan fingerprint density at radius 2 is 2.22 bits per heavy atom. The normalized spacial score (nSPS) is 13.4. The van der Waals surface area contributed by atoms with Gasteiger partial charge in [-0.15, -0.1) is 0 Å². The molecule has 9 heteroatoms. The van der Waals surface area contributed by atoms with Gasteiger partial charge >= 0.3 is 0 Å². The minimum absolute atomic E-state index is 0.155. The van der Waals surface area contributed by atoms with Crippen LogP contribution in [0.5, 0.6) is 0 Å². The van der Waals surface area contributed by atoms with Crippen molar-refractivity contribution >= 4 is 11.6 Å². The second kappa shape index (κ2) is 8.22. The molecule has 3 rings (SSSR count). The van der Waals surface area contributed by atoms with E-state index < -0.39 is 11.7 Å². The zero-order chi connectivity index (χ0) is 19.4. The van der Waals surface area contributed by atoms with Gasteiger partial charge in [-0.1, -0.05) is 35.8 Å². The molecule has 3 aromatic rings. The van der Waals surface area contributed by atoms with Crippen LogP contribution in [-0.4, -0.2) is 24.9 Å². The fourth-order valence-electron chi connectivity index (χ4n) is 2.38. The summed E-state index contributed by atoms with van der Waals surface area (Å²) in [7, 11) is 0. The Labute approximate surface area is 159 Å². The van der Waals surface area contributed by atoms with Crippen LogP contribution in [-0.2, 0) is 6.54 Å². The van der Waals surface area contributed by atoms with Gasteiger partial charge in [-0.25, -0.2) is 18.7 Å². The van der Waals surface area contributed by atoms with Gasteiger partial charge in [0.25, 0.3) is 0 Å². The second-order valence-electron chi connectivity index (χ2n) is 5.79. The summed E-state index contributed by atoms with van der Waals surface area (Å²) in [6, 6.07) is 3.33. The summed E-state index contributed by atoms with van der Waals surface area (Å²) in [4.78, 5) is 7.81. The maximum absolute atomic E-state index is 14.2. The van der Waals surface area contributed by atoms with Crippen molar-refractivity contribution in [3.63, 3.8) is 0 Å². The van der Waals surface area contributed by atoms with Crippen LogP contribution in [0.2, 0.25) is 5.15 Å². The molecular weight excluding hydrogens is 376 g/mol. The third-order valence-electron chi connectivity index (χ3n) is 3.78. The van der Waals surface area contributed by atoms with Crippen molar-refractivity contribution in [1.29, 1.82) is 0 Å². The van der Waals surface area contributed by atoms with Crippen LogP contribution in [0, 0.1) is 11.7 Å². The van der Waals surface area contributed by atoms with Crippen molar-refractivity contribution in [2.24, 2.45) is 5.92 Å². The molecule has 0 aromatic carbocycles. The third kappa shape index (κ3) is 4.28. The van der Waals surface area contributed by atoms with E-state index in [1.54, 1.807) is 35.9 Å². The van der Waals surface area contributed by atoms with Crippen molar-refractivity contribution in [1.82, 2.24) is 24.9 Å². The Morgan fingerprint density at radius 1 is 1.41 bits per heavy atom. The fraction of sp³-hybridized carbons (Fsp3) is 0.222. The van der Waals surface area contributed by atoms with E-state index in [4.69, 9.17) is 16.1 Å². The summed E-state index contributed by atoms with van der Waals surface area (Å²) < 4.78 is 34.0. The third-order valence-corrected chi connectivity index (χ3v) is 4.04. The minimum atomic E-state index is -0.721. The van der Waals surface area contributed by atoms with Crippen molar-refractivity contribution in [2.45, 2.75) is 20.4 Å². The molecule has 0 radical (unpaired) electrons. The highest BCUT2D eigenvalue weighted by Gasteiger charge is 2.19. The van der Waals surface area contributed by atoms with Gasteiger partial charge in [0.1, 0.15) is 23.5 Å². The zero-order valence-corrected chi connectivity index (χ0v) is 15.4. The van der Waals surface area contributed by atoms with Crippen LogP contribution in [0.4, 0.5) is 8.78 Å². The van der Waals surface area contributed by atoms with E-state index in [9.17, 15) is 8.78 Å². The van der Waals surface area contributed by atoms with Gasteiger partial charge in [-0.2, -0.15) is 5.10 Å². The fourth-order valence-corrected chi connectivity index (χ4v) is 2.51. The molecule has 0 saturated carbocycles. The molecule has 0 aliphatic heterocycles. The van der Waals surface area contributed by atoms with Crippen molar-refractivity contribution < 1.29 is 13.3 Å². The van der Waals surface area contributed by atoms with Crippen molar-refractivity contribution in [3.8, 4) is 22.9 Å². The first-order valence-corrected chi connectivity index (χ1v) is 8.52. The van der Waals surface area contributed by atoms with E-state index in [2.05, 4.69) is 20.2 Å². The summed E-state index contributed by atoms with van der Waals surface area (Å²) in [5.41, 5.74) is 1.47. The van der Waals surface area contributed by atoms with Gasteiger partial charge in [0.15, 0.2) is 16.8 Å². The van der Waals surface area contributed by atoms with Gasteiger partial charge in [-0.3, -0.25) is 4.68 Å². The highest BCUT2D eigenvalue weighted by Crippen LogP contribution is 2.26. The van der Waals surface area contributed by atoms with Crippen LogP contribution in [0.1, 0.15) is 13.8 Å². The lowest BCUT2D eigenvalue weighted by atomic mass is 10.1. The molecule has 0 amide bonds. The maximum Gasteiger partial charge on any atom is 0.181 e. The predicted octanol–water partition coefficient (Wildman–Crippen LogP) is 4.85. The number of aromatic nitrogens is 5. The summed E-state index contributed by atoms with van der Waals surface area (Å²) in [5, 5.41) is 8.03. The Morgan fingerprint density at radius 3 is 2.89 bits per heavy atom.